The maximum Gasteiger partial charge on any atom is 0.326 e. The van der Waals surface area contributed by atoms with Gasteiger partial charge in [-0.2, -0.15) is 0 Å². The van der Waals surface area contributed by atoms with Gasteiger partial charge in [0, 0.05) is 109 Å². The van der Waals surface area contributed by atoms with Crippen molar-refractivity contribution < 1.29 is 122 Å². The van der Waals surface area contributed by atoms with Crippen LogP contribution >= 0.6 is 23.7 Å². The molecule has 1 aromatic carbocycles. The normalized spacial score (nSPS) is 15.5. The van der Waals surface area contributed by atoms with Crippen LogP contribution in [0.5, 0.6) is 0 Å². The molecule has 0 saturated carbocycles. The molecule has 2 unspecified atom stereocenters. The molecule has 0 aliphatic carbocycles. The summed E-state index contributed by atoms with van der Waals surface area (Å²) in [7, 11) is -9.10. The van der Waals surface area contributed by atoms with Crippen molar-refractivity contribution in [3.63, 3.8) is 0 Å². The summed E-state index contributed by atoms with van der Waals surface area (Å²) >= 11 is 0. The molecule has 18 N–H and O–H groups in total. The quantitative estimate of drug-likeness (QED) is 0.0231. The first kappa shape index (κ1) is 94.0. The van der Waals surface area contributed by atoms with Crippen molar-refractivity contribution >= 4 is 121 Å². The van der Waals surface area contributed by atoms with Crippen LogP contribution in [0.2, 0.25) is 10.1 Å². The van der Waals surface area contributed by atoms with Crippen LogP contribution < -0.4 is 47.7 Å². The Labute approximate surface area is 628 Å². The Kier molecular flexibility index (Phi) is 40.3. The van der Waals surface area contributed by atoms with Crippen molar-refractivity contribution in [3.8, 4) is 0 Å². The van der Waals surface area contributed by atoms with Gasteiger partial charge in [0.2, 0.25) is 36.9 Å². The molecular formula is C65H108N14O25P3Si+. The van der Waals surface area contributed by atoms with Crippen LogP contribution in [0.15, 0.2) is 30.5 Å². The van der Waals surface area contributed by atoms with Crippen LogP contribution in [0.25, 0.3) is 0 Å². The van der Waals surface area contributed by atoms with Crippen molar-refractivity contribution in [2.45, 2.75) is 178 Å². The molecule has 2 aromatic rings. The number of hydrogen-bond acceptors (Lipinski definition) is 22. The first-order valence-corrected chi connectivity index (χ1v) is 42.5. The summed E-state index contributed by atoms with van der Waals surface area (Å²) in [6, 6.07) is -1.83. The fourth-order valence-corrected chi connectivity index (χ4v) is 21.6. The highest BCUT2D eigenvalue weighted by molar-refractivity contribution is 7.64. The number of rotatable bonds is 49. The molecule has 108 heavy (non-hydrogen) atoms. The zero-order valence-corrected chi connectivity index (χ0v) is 65.7. The maximum absolute atomic E-state index is 14.2. The van der Waals surface area contributed by atoms with E-state index in [2.05, 4.69) is 88.7 Å². The van der Waals surface area contributed by atoms with E-state index in [9.17, 15) is 107 Å². The minimum atomic E-state index is -3.90. The summed E-state index contributed by atoms with van der Waals surface area (Å²) in [5.41, 5.74) is 0.399. The molecule has 43 heteroatoms. The van der Waals surface area contributed by atoms with Crippen LogP contribution in [0, 0.1) is 0 Å². The van der Waals surface area contributed by atoms with Gasteiger partial charge < -0.3 is 83.2 Å². The van der Waals surface area contributed by atoms with Gasteiger partial charge in [-0.05, 0) is 73.3 Å². The molecule has 1 aliphatic heterocycles. The number of aliphatic carboxylic acids is 7. The molecule has 8 amide bonds. The third-order valence-corrected chi connectivity index (χ3v) is 26.5. The molecule has 0 radical (unpaired) electrons. The smallest absolute Gasteiger partial charge is 0.326 e. The van der Waals surface area contributed by atoms with E-state index in [1.54, 1.807) is 21.9 Å². The Morgan fingerprint density at radius 3 is 1.58 bits per heavy atom. The molecule has 1 aromatic heterocycles. The zero-order chi connectivity index (χ0) is 81.1. The number of urea groups is 1. The fourth-order valence-electron chi connectivity index (χ4n) is 12.0. The van der Waals surface area contributed by atoms with Crippen molar-refractivity contribution in [2.24, 2.45) is 0 Å². The van der Waals surface area contributed by atoms with Crippen LogP contribution in [-0.4, -0.2) is 293 Å². The van der Waals surface area contributed by atoms with E-state index in [-0.39, 0.29) is 139 Å². The maximum atomic E-state index is 14.2. The summed E-state index contributed by atoms with van der Waals surface area (Å²) < 4.78 is 14.1. The first-order chi connectivity index (χ1) is 50.4. The van der Waals surface area contributed by atoms with Gasteiger partial charge in [0.25, 0.3) is 13.6 Å². The molecule has 0 spiro atoms. The lowest BCUT2D eigenvalue weighted by atomic mass is 10.1. The largest absolute Gasteiger partial charge is 0.481 e. The van der Waals surface area contributed by atoms with Crippen molar-refractivity contribution in [1.82, 2.24) is 72.2 Å². The monoisotopic (exact) mass is 1610 g/mol. The van der Waals surface area contributed by atoms with Gasteiger partial charge in [0.1, 0.15) is 42.1 Å². The zero-order valence-electron chi connectivity index (χ0n) is 61.7. The molecule has 7 atom stereocenters. The highest BCUT2D eigenvalue weighted by atomic mass is 31.2. The van der Waals surface area contributed by atoms with Gasteiger partial charge in [0.05, 0.1) is 40.7 Å². The molecule has 2 heterocycles. The van der Waals surface area contributed by atoms with Gasteiger partial charge in [-0.15, -0.1) is 13.7 Å². The Balaban J connectivity index is 1.61. The predicted molar refractivity (Wildman–Crippen MR) is 397 cm³/mol. The standard InChI is InChI=1S/C65H107N14O25P3Si/c1-64(2,3)108(65(4,5)6)44-14-12-42(13-15-44)57(90)69-37-49(79-38-43(74-75-79)36-68-52(82)23-34-106(101,102)40-77-29-27-76(39-105-33-22-55(86)87)28-30-78(32-31-77)41-107(103,104)35-24-56(88)89)58(91)71-46(60(94)95)10-7-8-25-66-50(80)19-20-51(81)67-26-9-11-45(59(92)93)70-53(83)18-16-47(61(96)97)72-63(100)73-48(62(98)99)17-21-54(84)85/h12-15,38,45-49,101-102,105,108H,7-11,16-37,39-41H2,1-6H3,(H15-,66,67,68,69,70,71,72,73,80,81,82,83,84,85,86,87,88,89,90,91,92,93,94,95,96,97,98,99,100,103,104)/p+1/t45-,46+,47-,48-,49+/m0/s1. The lowest BCUT2D eigenvalue weighted by Gasteiger charge is -2.39. The Hall–Kier alpha value is -8.19. The van der Waals surface area contributed by atoms with Crippen molar-refractivity contribution in [1.29, 1.82) is 0 Å². The Morgan fingerprint density at radius 1 is 0.556 bits per heavy atom. The van der Waals surface area contributed by atoms with Crippen LogP contribution in [0.1, 0.15) is 154 Å². The number of unbranched alkanes of at least 4 members (excludes halogenated alkanes) is 1. The minimum absolute atomic E-state index is 0.000680. The number of carboxylic acid groups (broad SMARTS) is 7. The summed E-state index contributed by atoms with van der Waals surface area (Å²) in [6.07, 6.45) is -2.65. The highest BCUT2D eigenvalue weighted by Crippen LogP contribution is 2.51. The predicted octanol–water partition coefficient (Wildman–Crippen LogP) is -0.235. The van der Waals surface area contributed by atoms with Gasteiger partial charge in [-0.25, -0.2) is 38.4 Å². The molecule has 1 saturated heterocycles. The fraction of sp³-hybridized carbons (Fsp3) is 0.662. The number of aromatic nitrogens is 3. The third kappa shape index (κ3) is 38.2. The van der Waals surface area contributed by atoms with Crippen molar-refractivity contribution in [3.05, 3.63) is 41.7 Å². The Bertz CT molecular complexity index is 3420. The SMILES string of the molecule is CC(C)(C)[SiH](c1ccc(C(=O)NC[C@H](C(=O)N[C@H](CCCCNC(=O)CCC(=O)NCCC[C@H](NC(=O)CC[C@H](NC(=O)N[C@@H](CCC(=O)O)C(=O)O)C(=O)O)C(=O)O)C(=O)O)n2cc(CNC(=O)CC[P+](O)(O)CN3CCN(CPCCC(=O)O)CCN(CP(=O)(O)CCC(=O)O)CC3)nn2)cc1)C(C)(C)C. The molecule has 1 fully saturated rings. The highest BCUT2D eigenvalue weighted by Gasteiger charge is 2.40. The number of carbonyl (C=O) groups is 14. The van der Waals surface area contributed by atoms with Crippen LogP contribution in [-0.2, 0) is 68.6 Å². The number of benzene rings is 1. The average Bonchev–Trinajstić information content (AvgIpc) is 0.946. The second-order valence-electron chi connectivity index (χ2n) is 28.6. The van der Waals surface area contributed by atoms with E-state index in [1.807, 2.05) is 22.8 Å². The average molecular weight is 1610 g/mol. The number of nitrogens with zero attached hydrogens (tertiary/aromatic N) is 6. The minimum Gasteiger partial charge on any atom is -0.481 e. The lowest BCUT2D eigenvalue weighted by molar-refractivity contribution is -0.143. The number of nitrogens with one attached hydrogen (secondary N) is 8. The molecule has 606 valence electrons. The number of carboxylic acids is 7. The van der Waals surface area contributed by atoms with E-state index in [1.165, 1.54) is 6.20 Å². The van der Waals surface area contributed by atoms with Gasteiger partial charge in [-0.1, -0.05) is 64.1 Å². The second kappa shape index (κ2) is 46.3. The third-order valence-electron chi connectivity index (χ3n) is 17.2. The summed E-state index contributed by atoms with van der Waals surface area (Å²) in [4.78, 5) is 211. The Morgan fingerprint density at radius 2 is 1.05 bits per heavy atom. The molecular weight excluding hydrogens is 1500 g/mol. The molecule has 0 bridgehead atoms. The number of hydrogen-bond donors (Lipinski definition) is 18. The number of carbonyl (C=O) groups excluding carboxylic acids is 7. The lowest BCUT2D eigenvalue weighted by Crippen LogP contribution is -2.51. The van der Waals surface area contributed by atoms with Crippen LogP contribution in [0.3, 0.4) is 0 Å². The van der Waals surface area contributed by atoms with E-state index in [4.69, 9.17) is 15.3 Å². The van der Waals surface area contributed by atoms with E-state index < -0.39 is 182 Å². The summed E-state index contributed by atoms with van der Waals surface area (Å²) in [5, 5.41) is 94.3. The summed E-state index contributed by atoms with van der Waals surface area (Å²) in [5.74, 6) is -13.6. The van der Waals surface area contributed by atoms with E-state index >= 15 is 0 Å². The molecule has 39 nitrogen and oxygen atoms in total. The number of amides is 8. The molecule has 3 rings (SSSR count). The topological polar surface area (TPSA) is 595 Å². The molecule has 1 aliphatic rings. The second-order valence-corrected chi connectivity index (χ2v) is 39.8. The van der Waals surface area contributed by atoms with Crippen LogP contribution in [0.4, 0.5) is 4.79 Å². The van der Waals surface area contributed by atoms with Gasteiger partial charge in [-0.3, -0.25) is 62.4 Å². The van der Waals surface area contributed by atoms with Gasteiger partial charge in [0.15, 0.2) is 6.29 Å². The van der Waals surface area contributed by atoms with Gasteiger partial charge >= 0.3 is 47.8 Å². The van der Waals surface area contributed by atoms with E-state index in [0.29, 0.717) is 38.6 Å². The van der Waals surface area contributed by atoms with Crippen molar-refractivity contribution in [2.75, 3.05) is 96.2 Å². The summed E-state index contributed by atoms with van der Waals surface area (Å²) in [6.45, 7) is 14.4. The van der Waals surface area contributed by atoms with E-state index in [0.717, 1.165) is 9.87 Å². The first-order valence-electron chi connectivity index (χ1n) is 35.3.